The Kier molecular flexibility index (Phi) is 5.18. The van der Waals surface area contributed by atoms with Gasteiger partial charge >= 0.3 is 0 Å². The number of nitrogens with two attached hydrogens (primary N) is 1. The number of benzene rings is 1. The summed E-state index contributed by atoms with van der Waals surface area (Å²) in [6.07, 6.45) is 6.80. The van der Waals surface area contributed by atoms with Crippen molar-refractivity contribution in [2.45, 2.75) is 13.5 Å². The molecule has 11 heteroatoms. The molecule has 0 spiro atoms. The van der Waals surface area contributed by atoms with Gasteiger partial charge in [0, 0.05) is 24.5 Å². The van der Waals surface area contributed by atoms with Gasteiger partial charge in [-0.15, -0.1) is 0 Å². The van der Waals surface area contributed by atoms with E-state index in [1.807, 2.05) is 35.0 Å². The van der Waals surface area contributed by atoms with Gasteiger partial charge in [0.2, 0.25) is 5.88 Å². The van der Waals surface area contributed by atoms with Gasteiger partial charge in [-0.1, -0.05) is 6.07 Å². The third kappa shape index (κ3) is 3.77. The number of pyridine rings is 2. The highest BCUT2D eigenvalue weighted by molar-refractivity contribution is 6.08. The van der Waals surface area contributed by atoms with E-state index in [-0.39, 0.29) is 17.9 Å². The number of hydrogen-bond donors (Lipinski definition) is 1. The lowest BCUT2D eigenvalue weighted by Crippen LogP contribution is -2.31. The van der Waals surface area contributed by atoms with Crippen LogP contribution in [0.25, 0.3) is 22.2 Å². The normalized spacial score (nSPS) is 11.4. The summed E-state index contributed by atoms with van der Waals surface area (Å²) in [6, 6.07) is 11.7. The zero-order valence-electron chi connectivity index (χ0n) is 20.0. The van der Waals surface area contributed by atoms with E-state index in [9.17, 15) is 4.79 Å². The number of imidazole rings is 2. The van der Waals surface area contributed by atoms with E-state index in [0.717, 1.165) is 5.65 Å². The van der Waals surface area contributed by atoms with Crippen LogP contribution in [0.4, 0.5) is 15.9 Å². The Morgan fingerprint density at radius 3 is 2.73 bits per heavy atom. The van der Waals surface area contributed by atoms with Gasteiger partial charge in [-0.25, -0.2) is 24.3 Å². The van der Waals surface area contributed by atoms with Gasteiger partial charge in [-0.05, 0) is 31.2 Å². The molecule has 6 aromatic rings. The molecular formula is C26H21FN8O2. The van der Waals surface area contributed by atoms with Gasteiger partial charge in [-0.2, -0.15) is 0 Å². The maximum absolute atomic E-state index is 15.4. The maximum Gasteiger partial charge on any atom is 0.261 e. The number of methoxy groups -OCH3 is 1. The molecule has 2 N–H and O–H groups in total. The van der Waals surface area contributed by atoms with Crippen LogP contribution in [0.2, 0.25) is 0 Å². The Morgan fingerprint density at radius 2 is 1.97 bits per heavy atom. The molecule has 0 saturated heterocycles. The lowest BCUT2D eigenvalue weighted by Gasteiger charge is -2.22. The summed E-state index contributed by atoms with van der Waals surface area (Å²) in [6.45, 7) is 1.89. The van der Waals surface area contributed by atoms with Crippen LogP contribution in [0.3, 0.4) is 0 Å². The van der Waals surface area contributed by atoms with E-state index in [2.05, 4.69) is 19.9 Å². The van der Waals surface area contributed by atoms with Gasteiger partial charge < -0.3 is 19.8 Å². The molecule has 6 rings (SSSR count). The molecule has 0 fully saturated rings. The Labute approximate surface area is 209 Å². The third-order valence-electron chi connectivity index (χ3n) is 6.20. The molecule has 10 nitrogen and oxygen atoms in total. The molecule has 0 aliphatic carbocycles. The topological polar surface area (TPSA) is 116 Å². The van der Waals surface area contributed by atoms with Crippen molar-refractivity contribution in [3.8, 4) is 5.88 Å². The van der Waals surface area contributed by atoms with Gasteiger partial charge in [0.15, 0.2) is 0 Å². The average Bonchev–Trinajstić information content (AvgIpc) is 3.50. The lowest BCUT2D eigenvalue weighted by atomic mass is 10.1. The van der Waals surface area contributed by atoms with Crippen LogP contribution in [0.15, 0.2) is 67.3 Å². The number of carbonyl (C=O) groups is 1. The van der Waals surface area contributed by atoms with E-state index in [1.54, 1.807) is 29.7 Å². The molecule has 184 valence electrons. The predicted molar refractivity (Wildman–Crippen MR) is 136 cm³/mol. The highest BCUT2D eigenvalue weighted by Crippen LogP contribution is 2.27. The Hall–Kier alpha value is -5.06. The van der Waals surface area contributed by atoms with Crippen molar-refractivity contribution < 1.29 is 13.9 Å². The smallest absolute Gasteiger partial charge is 0.261 e. The standard InChI is InChI=1S/C26H21FN8O2/c1-15-29-12-22-25(28)32-20-10-19(27)18(9-21(20)35(15)22)26(36)34(17-6-7-24(37-2)30-11-17)14-16-13-33-8-4-3-5-23(33)31-16/h3-13H,14H2,1-2H3,(H2,28,32). The van der Waals surface area contributed by atoms with Crippen molar-refractivity contribution in [2.75, 3.05) is 17.7 Å². The van der Waals surface area contributed by atoms with E-state index in [4.69, 9.17) is 10.5 Å². The number of amides is 1. The number of halogens is 1. The summed E-state index contributed by atoms with van der Waals surface area (Å²) < 4.78 is 24.2. The SMILES string of the molecule is COc1ccc(N(Cc2cn3ccccc3n2)C(=O)c2cc3c(cc2F)nc(N)c2cnc(C)n23)cn1. The molecule has 0 aliphatic rings. The van der Waals surface area contributed by atoms with Gasteiger partial charge in [0.1, 0.15) is 28.6 Å². The van der Waals surface area contributed by atoms with Crippen molar-refractivity contribution in [2.24, 2.45) is 0 Å². The zero-order valence-corrected chi connectivity index (χ0v) is 20.0. The highest BCUT2D eigenvalue weighted by Gasteiger charge is 2.25. The van der Waals surface area contributed by atoms with Crippen LogP contribution in [0, 0.1) is 12.7 Å². The summed E-state index contributed by atoms with van der Waals surface area (Å²) in [4.78, 5) is 32.8. The Morgan fingerprint density at radius 1 is 1.11 bits per heavy atom. The summed E-state index contributed by atoms with van der Waals surface area (Å²) in [5.74, 6) is -0.0269. The minimum atomic E-state index is -0.719. The molecule has 0 unspecified atom stereocenters. The van der Waals surface area contributed by atoms with Crippen LogP contribution in [-0.2, 0) is 6.54 Å². The van der Waals surface area contributed by atoms with Crippen molar-refractivity contribution >= 4 is 39.6 Å². The molecule has 0 saturated carbocycles. The van der Waals surface area contributed by atoms with Crippen LogP contribution >= 0.6 is 0 Å². The van der Waals surface area contributed by atoms with Crippen LogP contribution in [-0.4, -0.2) is 41.8 Å². The number of aryl methyl sites for hydroxylation is 1. The second kappa shape index (κ2) is 8.55. The number of aromatic nitrogens is 6. The second-order valence-electron chi connectivity index (χ2n) is 8.49. The molecule has 0 aliphatic heterocycles. The number of carbonyl (C=O) groups excluding carboxylic acids is 1. The number of rotatable bonds is 5. The number of nitrogen functional groups attached to an aromatic ring is 1. The maximum atomic E-state index is 15.4. The zero-order chi connectivity index (χ0) is 25.7. The minimum absolute atomic E-state index is 0.0888. The van der Waals surface area contributed by atoms with E-state index in [1.165, 1.54) is 30.3 Å². The lowest BCUT2D eigenvalue weighted by molar-refractivity contribution is 0.0981. The molecular weight excluding hydrogens is 475 g/mol. The van der Waals surface area contributed by atoms with Gasteiger partial charge in [0.25, 0.3) is 5.91 Å². The number of nitrogens with zero attached hydrogens (tertiary/aromatic N) is 7. The van der Waals surface area contributed by atoms with Crippen molar-refractivity contribution in [3.63, 3.8) is 0 Å². The van der Waals surface area contributed by atoms with E-state index >= 15 is 4.39 Å². The first-order chi connectivity index (χ1) is 17.9. The van der Waals surface area contributed by atoms with Crippen LogP contribution < -0.4 is 15.4 Å². The fourth-order valence-electron chi connectivity index (χ4n) is 4.40. The minimum Gasteiger partial charge on any atom is -0.481 e. The number of fused-ring (bicyclic) bond motifs is 4. The molecule has 0 atom stereocenters. The quantitative estimate of drug-likeness (QED) is 0.386. The largest absolute Gasteiger partial charge is 0.481 e. The fourth-order valence-corrected chi connectivity index (χ4v) is 4.40. The highest BCUT2D eigenvalue weighted by atomic mass is 19.1. The molecule has 0 bridgehead atoms. The van der Waals surface area contributed by atoms with E-state index in [0.29, 0.717) is 39.6 Å². The first-order valence-corrected chi connectivity index (χ1v) is 11.4. The van der Waals surface area contributed by atoms with Crippen LogP contribution in [0.5, 0.6) is 5.88 Å². The number of anilines is 2. The van der Waals surface area contributed by atoms with Crippen molar-refractivity contribution in [1.82, 2.24) is 28.7 Å². The number of ether oxygens (including phenoxy) is 1. The Bertz CT molecular complexity index is 1780. The summed E-state index contributed by atoms with van der Waals surface area (Å²) in [5, 5.41) is 0. The fraction of sp³-hybridized carbons (Fsp3) is 0.115. The summed E-state index contributed by atoms with van der Waals surface area (Å²) in [7, 11) is 1.51. The molecule has 0 radical (unpaired) electrons. The first kappa shape index (κ1) is 22.4. The number of hydrogen-bond acceptors (Lipinski definition) is 7. The predicted octanol–water partition coefficient (Wildman–Crippen LogP) is 3.81. The van der Waals surface area contributed by atoms with Gasteiger partial charge in [0.05, 0.1) is 54.0 Å². The van der Waals surface area contributed by atoms with Crippen molar-refractivity contribution in [3.05, 3.63) is 90.2 Å². The van der Waals surface area contributed by atoms with Gasteiger partial charge in [-0.3, -0.25) is 9.20 Å². The third-order valence-corrected chi connectivity index (χ3v) is 6.20. The van der Waals surface area contributed by atoms with Crippen molar-refractivity contribution in [1.29, 1.82) is 0 Å². The van der Waals surface area contributed by atoms with Crippen LogP contribution in [0.1, 0.15) is 21.9 Å². The monoisotopic (exact) mass is 496 g/mol. The molecule has 5 heterocycles. The average molecular weight is 497 g/mol. The molecule has 1 amide bonds. The molecule has 5 aromatic heterocycles. The second-order valence-corrected chi connectivity index (χ2v) is 8.49. The summed E-state index contributed by atoms with van der Waals surface area (Å²) in [5.41, 5.74) is 9.15. The Balaban J connectivity index is 1.49. The molecule has 37 heavy (non-hydrogen) atoms. The summed E-state index contributed by atoms with van der Waals surface area (Å²) >= 11 is 0. The molecule has 1 aromatic carbocycles. The first-order valence-electron chi connectivity index (χ1n) is 11.4. The van der Waals surface area contributed by atoms with E-state index < -0.39 is 11.7 Å².